The van der Waals surface area contributed by atoms with E-state index in [2.05, 4.69) is 17.9 Å². The van der Waals surface area contributed by atoms with Crippen molar-refractivity contribution in [3.63, 3.8) is 0 Å². The first-order valence-electron chi connectivity index (χ1n) is 6.38. The number of benzene rings is 1. The first-order chi connectivity index (χ1) is 8.20. The zero-order chi connectivity index (χ0) is 12.3. The number of rotatable bonds is 3. The molecule has 2 rings (SSSR count). The molecule has 1 saturated heterocycles. The summed E-state index contributed by atoms with van der Waals surface area (Å²) in [7, 11) is 0. The van der Waals surface area contributed by atoms with Crippen LogP contribution in [0.2, 0.25) is 5.02 Å². The molecule has 0 radical (unpaired) electrons. The van der Waals surface area contributed by atoms with Crippen LogP contribution in [0.5, 0.6) is 0 Å². The third kappa shape index (κ3) is 3.86. The van der Waals surface area contributed by atoms with E-state index in [-0.39, 0.29) is 12.4 Å². The van der Waals surface area contributed by atoms with E-state index in [1.165, 1.54) is 18.4 Å². The first kappa shape index (κ1) is 15.8. The summed E-state index contributed by atoms with van der Waals surface area (Å²) in [5, 5.41) is 0.863. The van der Waals surface area contributed by atoms with Crippen LogP contribution < -0.4 is 5.73 Å². The van der Waals surface area contributed by atoms with Gasteiger partial charge in [-0.2, -0.15) is 0 Å². The third-order valence-corrected chi connectivity index (χ3v) is 4.07. The van der Waals surface area contributed by atoms with Gasteiger partial charge in [-0.3, -0.25) is 4.90 Å². The van der Waals surface area contributed by atoms with E-state index in [4.69, 9.17) is 17.3 Å². The van der Waals surface area contributed by atoms with Gasteiger partial charge in [0.15, 0.2) is 0 Å². The van der Waals surface area contributed by atoms with Gasteiger partial charge in [-0.05, 0) is 36.9 Å². The monoisotopic (exact) mass is 288 g/mol. The maximum Gasteiger partial charge on any atom is 0.0451 e. The van der Waals surface area contributed by atoms with Crippen LogP contribution in [0.4, 0.5) is 0 Å². The molecule has 1 heterocycles. The fraction of sp³-hybridized carbons (Fsp3) is 0.571. The smallest absolute Gasteiger partial charge is 0.0451 e. The Hall–Kier alpha value is -0.280. The summed E-state index contributed by atoms with van der Waals surface area (Å²) in [5.41, 5.74) is 7.08. The molecule has 4 heteroatoms. The van der Waals surface area contributed by atoms with Gasteiger partial charge in [0, 0.05) is 24.2 Å². The highest BCUT2D eigenvalue weighted by molar-refractivity contribution is 6.31. The number of hydrogen-bond acceptors (Lipinski definition) is 2. The van der Waals surface area contributed by atoms with Crippen LogP contribution in [0.3, 0.4) is 0 Å². The molecule has 2 nitrogen and oxygen atoms in total. The van der Waals surface area contributed by atoms with E-state index in [9.17, 15) is 0 Å². The van der Waals surface area contributed by atoms with Gasteiger partial charge in [0.05, 0.1) is 0 Å². The molecule has 1 aliphatic heterocycles. The Balaban J connectivity index is 0.00000162. The van der Waals surface area contributed by atoms with E-state index < -0.39 is 0 Å². The van der Waals surface area contributed by atoms with Crippen molar-refractivity contribution >= 4 is 24.0 Å². The standard InChI is InChI=1S/C14H21ClN2.ClH/c1-11-6-7-17(13(8-11)9-16)10-12-4-2-3-5-14(12)15;/h2-5,11,13H,6-10,16H2,1H3;1H. The van der Waals surface area contributed by atoms with Crippen molar-refractivity contribution in [2.45, 2.75) is 32.4 Å². The Kier molecular flexibility index (Phi) is 6.44. The Morgan fingerprint density at radius 2 is 2.11 bits per heavy atom. The molecule has 1 aromatic carbocycles. The number of halogens is 2. The average molecular weight is 289 g/mol. The summed E-state index contributed by atoms with van der Waals surface area (Å²) in [6, 6.07) is 8.60. The van der Waals surface area contributed by atoms with Crippen molar-refractivity contribution in [1.82, 2.24) is 4.90 Å². The Labute approximate surface area is 121 Å². The number of nitrogens with zero attached hydrogens (tertiary/aromatic N) is 1. The van der Waals surface area contributed by atoms with E-state index >= 15 is 0 Å². The maximum atomic E-state index is 6.21. The largest absolute Gasteiger partial charge is 0.329 e. The number of likely N-dealkylation sites (tertiary alicyclic amines) is 1. The summed E-state index contributed by atoms with van der Waals surface area (Å²) in [6.45, 7) is 5.12. The number of nitrogens with two attached hydrogens (primary N) is 1. The molecule has 0 bridgehead atoms. The minimum atomic E-state index is 0. The zero-order valence-electron chi connectivity index (χ0n) is 10.8. The summed E-state index contributed by atoms with van der Waals surface area (Å²) < 4.78 is 0. The molecule has 0 aliphatic carbocycles. The van der Waals surface area contributed by atoms with E-state index in [1.54, 1.807) is 0 Å². The van der Waals surface area contributed by atoms with Crippen molar-refractivity contribution in [2.75, 3.05) is 13.1 Å². The van der Waals surface area contributed by atoms with Crippen LogP contribution in [-0.4, -0.2) is 24.0 Å². The Morgan fingerprint density at radius 1 is 1.39 bits per heavy atom. The summed E-state index contributed by atoms with van der Waals surface area (Å²) >= 11 is 6.21. The third-order valence-electron chi connectivity index (χ3n) is 3.70. The van der Waals surface area contributed by atoms with Crippen molar-refractivity contribution in [1.29, 1.82) is 0 Å². The zero-order valence-corrected chi connectivity index (χ0v) is 12.4. The predicted octanol–water partition coefficient (Wildman–Crippen LogP) is 3.32. The molecular formula is C14H22Cl2N2. The second kappa shape index (κ2) is 7.34. The Morgan fingerprint density at radius 3 is 2.78 bits per heavy atom. The summed E-state index contributed by atoms with van der Waals surface area (Å²) in [4.78, 5) is 2.47. The molecule has 102 valence electrons. The molecule has 18 heavy (non-hydrogen) atoms. The SMILES string of the molecule is CC1CCN(Cc2ccccc2Cl)C(CN)C1.Cl. The van der Waals surface area contributed by atoms with Crippen LogP contribution >= 0.6 is 24.0 Å². The lowest BCUT2D eigenvalue weighted by atomic mass is 9.92. The lowest BCUT2D eigenvalue weighted by molar-refractivity contribution is 0.115. The van der Waals surface area contributed by atoms with Gasteiger partial charge in [0.2, 0.25) is 0 Å². The van der Waals surface area contributed by atoms with Crippen molar-refractivity contribution in [3.8, 4) is 0 Å². The molecule has 1 fully saturated rings. The molecule has 0 spiro atoms. The maximum absolute atomic E-state index is 6.21. The predicted molar refractivity (Wildman–Crippen MR) is 80.4 cm³/mol. The van der Waals surface area contributed by atoms with E-state index in [0.29, 0.717) is 6.04 Å². The molecule has 0 amide bonds. The second-order valence-electron chi connectivity index (χ2n) is 5.08. The van der Waals surface area contributed by atoms with E-state index in [1.807, 2.05) is 18.2 Å². The van der Waals surface area contributed by atoms with Crippen molar-refractivity contribution < 1.29 is 0 Å². The second-order valence-corrected chi connectivity index (χ2v) is 5.49. The lowest BCUT2D eigenvalue weighted by Crippen LogP contribution is -2.45. The Bertz CT molecular complexity index is 371. The van der Waals surface area contributed by atoms with Gasteiger partial charge in [0.1, 0.15) is 0 Å². The highest BCUT2D eigenvalue weighted by Crippen LogP contribution is 2.25. The van der Waals surface area contributed by atoms with Crippen LogP contribution in [0.1, 0.15) is 25.3 Å². The van der Waals surface area contributed by atoms with Crippen LogP contribution in [0, 0.1) is 5.92 Å². The fourth-order valence-corrected chi connectivity index (χ4v) is 2.79. The van der Waals surface area contributed by atoms with Crippen LogP contribution in [-0.2, 0) is 6.54 Å². The minimum absolute atomic E-state index is 0. The normalized spacial score (nSPS) is 24.6. The van der Waals surface area contributed by atoms with Crippen LogP contribution in [0.15, 0.2) is 24.3 Å². The minimum Gasteiger partial charge on any atom is -0.329 e. The van der Waals surface area contributed by atoms with Gasteiger partial charge < -0.3 is 5.73 Å². The highest BCUT2D eigenvalue weighted by atomic mass is 35.5. The van der Waals surface area contributed by atoms with Crippen molar-refractivity contribution in [3.05, 3.63) is 34.9 Å². The van der Waals surface area contributed by atoms with E-state index in [0.717, 1.165) is 30.6 Å². The molecule has 0 aromatic heterocycles. The molecule has 0 saturated carbocycles. The first-order valence-corrected chi connectivity index (χ1v) is 6.76. The highest BCUT2D eigenvalue weighted by Gasteiger charge is 2.25. The molecular weight excluding hydrogens is 267 g/mol. The van der Waals surface area contributed by atoms with Gasteiger partial charge in [0.25, 0.3) is 0 Å². The van der Waals surface area contributed by atoms with Gasteiger partial charge in [-0.1, -0.05) is 36.7 Å². The van der Waals surface area contributed by atoms with Gasteiger partial charge in [-0.15, -0.1) is 12.4 Å². The number of hydrogen-bond donors (Lipinski definition) is 1. The molecule has 2 unspecified atom stereocenters. The van der Waals surface area contributed by atoms with Gasteiger partial charge >= 0.3 is 0 Å². The number of piperidine rings is 1. The summed E-state index contributed by atoms with van der Waals surface area (Å²) in [6.07, 6.45) is 2.47. The molecule has 2 N–H and O–H groups in total. The quantitative estimate of drug-likeness (QED) is 0.925. The molecule has 1 aromatic rings. The molecule has 2 atom stereocenters. The molecule has 1 aliphatic rings. The van der Waals surface area contributed by atoms with Crippen LogP contribution in [0.25, 0.3) is 0 Å². The fourth-order valence-electron chi connectivity index (χ4n) is 2.60. The average Bonchev–Trinajstić information content (AvgIpc) is 2.34. The lowest BCUT2D eigenvalue weighted by Gasteiger charge is -2.38. The van der Waals surface area contributed by atoms with Gasteiger partial charge in [-0.25, -0.2) is 0 Å². The van der Waals surface area contributed by atoms with Crippen molar-refractivity contribution in [2.24, 2.45) is 11.7 Å². The topological polar surface area (TPSA) is 29.3 Å². The summed E-state index contributed by atoms with van der Waals surface area (Å²) in [5.74, 6) is 0.797.